The highest BCUT2D eigenvalue weighted by Gasteiger charge is 2.31. The second-order valence-corrected chi connectivity index (χ2v) is 17.8. The van der Waals surface area contributed by atoms with Gasteiger partial charge in [-0.1, -0.05) is 12.1 Å². The lowest BCUT2D eigenvalue weighted by Gasteiger charge is -2.28. The first-order valence-corrected chi connectivity index (χ1v) is 23.3. The van der Waals surface area contributed by atoms with Crippen LogP contribution in [0.25, 0.3) is 61.3 Å². The number of nitrogens with zero attached hydrogens (tertiary/aromatic N) is 6. The second-order valence-electron chi connectivity index (χ2n) is 17.8. The molecule has 11 rings (SSSR count). The number of amides is 3. The summed E-state index contributed by atoms with van der Waals surface area (Å²) in [4.78, 5) is 50.1. The fourth-order valence-corrected chi connectivity index (χ4v) is 9.19. The molecule has 6 heterocycles. The monoisotopic (exact) mass is 961 g/mol. The molecule has 2 fully saturated rings. The highest BCUT2D eigenvalue weighted by atomic mass is 19.1. The molecule has 0 bridgehead atoms. The number of carbonyl (C=O) groups excluding carboxylic acids is 3. The fourth-order valence-electron chi connectivity index (χ4n) is 9.19. The Kier molecular flexibility index (Phi) is 13.4. The number of aromatic amines is 2. The molecule has 0 radical (unpaired) electrons. The Morgan fingerprint density at radius 2 is 1.24 bits per heavy atom. The van der Waals surface area contributed by atoms with Crippen molar-refractivity contribution in [2.75, 3.05) is 56.4 Å². The van der Waals surface area contributed by atoms with E-state index >= 15 is 0 Å². The minimum atomic E-state index is -0.591. The Labute approximate surface area is 404 Å². The van der Waals surface area contributed by atoms with Crippen LogP contribution in [0.5, 0.6) is 0 Å². The van der Waals surface area contributed by atoms with Gasteiger partial charge in [-0.3, -0.25) is 29.5 Å². The van der Waals surface area contributed by atoms with Gasteiger partial charge in [-0.15, -0.1) is 0 Å². The van der Waals surface area contributed by atoms with Crippen LogP contribution in [0.2, 0.25) is 0 Å². The first-order valence-electron chi connectivity index (χ1n) is 23.3. The number of carbonyl (C=O) groups is 3. The summed E-state index contributed by atoms with van der Waals surface area (Å²) >= 11 is 0. The Balaban J connectivity index is 0.000000202. The van der Waals surface area contributed by atoms with E-state index in [9.17, 15) is 31.9 Å². The van der Waals surface area contributed by atoms with Crippen LogP contribution in [0.15, 0.2) is 122 Å². The molecule has 3 aliphatic heterocycles. The van der Waals surface area contributed by atoms with Crippen molar-refractivity contribution in [3.63, 3.8) is 0 Å². The lowest BCUT2D eigenvalue weighted by molar-refractivity contribution is -0.132. The van der Waals surface area contributed by atoms with E-state index in [-0.39, 0.29) is 59.1 Å². The number of fused-ring (bicyclic) bond motifs is 2. The molecular formula is C53H47F4N11O3. The molecule has 5 N–H and O–H groups in total. The van der Waals surface area contributed by atoms with E-state index in [0.717, 1.165) is 81.8 Å². The molecule has 360 valence electrons. The number of benzene rings is 5. The maximum absolute atomic E-state index is 14.9. The molecule has 0 aliphatic carbocycles. The molecule has 3 amide bonds. The fraction of sp³-hybridized carbons (Fsp3) is 0.226. The van der Waals surface area contributed by atoms with E-state index in [1.54, 1.807) is 41.3 Å². The number of H-pyrrole nitrogens is 2. The maximum atomic E-state index is 14.9. The number of hydrogen-bond acceptors (Lipinski definition) is 9. The Morgan fingerprint density at radius 3 is 1.79 bits per heavy atom. The van der Waals surface area contributed by atoms with E-state index in [4.69, 9.17) is 0 Å². The molecule has 18 heteroatoms. The summed E-state index contributed by atoms with van der Waals surface area (Å²) in [7, 11) is 0. The molecule has 0 saturated carbocycles. The number of nitrogens with one attached hydrogen (secondary N) is 5. The Morgan fingerprint density at radius 1 is 0.648 bits per heavy atom. The van der Waals surface area contributed by atoms with Crippen molar-refractivity contribution < 1.29 is 31.9 Å². The zero-order chi connectivity index (χ0) is 49.0. The molecule has 14 nitrogen and oxygen atoms in total. The molecule has 3 aliphatic rings. The Hall–Kier alpha value is -8.09. The average molecular weight is 962 g/mol. The summed E-state index contributed by atoms with van der Waals surface area (Å²) in [6, 6.07) is 28.2. The van der Waals surface area contributed by atoms with Crippen LogP contribution >= 0.6 is 0 Å². The summed E-state index contributed by atoms with van der Waals surface area (Å²) in [5, 5.41) is 25.5. The molecule has 2 saturated heterocycles. The van der Waals surface area contributed by atoms with Gasteiger partial charge >= 0.3 is 0 Å². The first kappa shape index (κ1) is 46.6. The minimum Gasteiger partial charge on any atom is -0.338 e. The largest absolute Gasteiger partial charge is 0.338 e. The third-order valence-corrected chi connectivity index (χ3v) is 13.1. The topological polar surface area (TPSA) is 177 Å². The van der Waals surface area contributed by atoms with Crippen LogP contribution < -0.4 is 16.0 Å². The van der Waals surface area contributed by atoms with Crippen molar-refractivity contribution in [1.29, 1.82) is 0 Å². The quantitative estimate of drug-likeness (QED) is 0.0841. The standard InChI is InChI=1S/C35H30F3N7O2.C18H17FN4O/c36-25-4-1-22(2-5-25)33-29-16-27(6-8-31(29)42-43-33)41-35(47)24-9-12-44(19-24)20-32(46)45-13-10-21(11-14-45)23-3-7-28(30(38)15-23)34-39-17-26(37)18-40-34;19-13-3-1-11(2-4-13)17-15-9-14(5-6-16(15)22-23-17)21-18(24)12-7-8-20-10-12/h1-8,10,15-18,24H,9,11-14,19-20H2,(H,41,47)(H,42,43);1-6,9,12,20H,7-8,10H2,(H,21,24)(H,22,23)/t24-;12-/m11/s1. The van der Waals surface area contributed by atoms with Gasteiger partial charge in [-0.2, -0.15) is 10.2 Å². The van der Waals surface area contributed by atoms with Gasteiger partial charge in [0, 0.05) is 59.5 Å². The van der Waals surface area contributed by atoms with E-state index in [1.807, 2.05) is 47.4 Å². The molecule has 8 aromatic rings. The van der Waals surface area contributed by atoms with Gasteiger partial charge in [0.05, 0.1) is 58.8 Å². The Bertz CT molecular complexity index is 3280. The van der Waals surface area contributed by atoms with Gasteiger partial charge < -0.3 is 20.9 Å². The summed E-state index contributed by atoms with van der Waals surface area (Å²) < 4.78 is 54.5. The van der Waals surface area contributed by atoms with E-state index in [1.165, 1.54) is 30.3 Å². The second kappa shape index (κ2) is 20.5. The van der Waals surface area contributed by atoms with Crippen molar-refractivity contribution in [3.05, 3.63) is 150 Å². The van der Waals surface area contributed by atoms with Crippen molar-refractivity contribution in [1.82, 2.24) is 45.5 Å². The lowest BCUT2D eigenvalue weighted by Crippen LogP contribution is -2.41. The van der Waals surface area contributed by atoms with Gasteiger partial charge in [0.1, 0.15) is 17.5 Å². The summed E-state index contributed by atoms with van der Waals surface area (Å²) in [6.07, 6.45) is 6.01. The number of anilines is 2. The van der Waals surface area contributed by atoms with Gasteiger partial charge in [-0.25, -0.2) is 27.5 Å². The predicted molar refractivity (Wildman–Crippen MR) is 262 cm³/mol. The normalized spacial score (nSPS) is 17.0. The third kappa shape index (κ3) is 10.6. The number of aromatic nitrogens is 6. The zero-order valence-corrected chi connectivity index (χ0v) is 38.2. The summed E-state index contributed by atoms with van der Waals surface area (Å²) in [6.45, 7) is 3.85. The van der Waals surface area contributed by atoms with Crippen molar-refractivity contribution in [3.8, 4) is 33.9 Å². The molecule has 71 heavy (non-hydrogen) atoms. The number of rotatable bonds is 10. The molecule has 0 unspecified atom stereocenters. The average Bonchev–Trinajstić information content (AvgIpc) is 4.24. The SMILES string of the molecule is O=C(Nc1ccc2[nH]nc(-c3ccc(F)cc3)c2c1)[C@@H]1CCN(CC(=O)N2CC=C(c3ccc(-c4ncc(F)cn4)c(F)c3)CC2)C1.O=C(Nc1ccc2[nH]nc(-c3ccc(F)cc3)c2c1)[C@@H]1CCNC1. The molecular weight excluding hydrogens is 915 g/mol. The van der Waals surface area contributed by atoms with Crippen LogP contribution in [-0.4, -0.2) is 104 Å². The van der Waals surface area contributed by atoms with E-state index in [0.29, 0.717) is 56.0 Å². The van der Waals surface area contributed by atoms with Gasteiger partial charge in [0.25, 0.3) is 0 Å². The van der Waals surface area contributed by atoms with Crippen LogP contribution in [0.1, 0.15) is 24.8 Å². The molecule has 3 aromatic heterocycles. The van der Waals surface area contributed by atoms with Gasteiger partial charge in [-0.05, 0) is 141 Å². The predicted octanol–water partition coefficient (Wildman–Crippen LogP) is 8.60. The zero-order valence-electron chi connectivity index (χ0n) is 38.2. The van der Waals surface area contributed by atoms with E-state index in [2.05, 4.69) is 46.3 Å². The summed E-state index contributed by atoms with van der Waals surface area (Å²) in [5.74, 6) is -1.93. The highest BCUT2D eigenvalue weighted by molar-refractivity contribution is 6.00. The van der Waals surface area contributed by atoms with E-state index < -0.39 is 11.6 Å². The van der Waals surface area contributed by atoms with Crippen LogP contribution in [0.4, 0.5) is 28.9 Å². The highest BCUT2D eigenvalue weighted by Crippen LogP contribution is 2.32. The summed E-state index contributed by atoms with van der Waals surface area (Å²) in [5.41, 5.74) is 7.89. The number of hydrogen-bond donors (Lipinski definition) is 5. The lowest BCUT2D eigenvalue weighted by atomic mass is 9.98. The molecule has 0 spiro atoms. The molecule has 2 atom stereocenters. The number of likely N-dealkylation sites (tertiary alicyclic amines) is 1. The smallest absolute Gasteiger partial charge is 0.237 e. The van der Waals surface area contributed by atoms with Crippen LogP contribution in [0.3, 0.4) is 0 Å². The molecule has 5 aromatic carbocycles. The van der Waals surface area contributed by atoms with Gasteiger partial charge in [0.15, 0.2) is 11.6 Å². The van der Waals surface area contributed by atoms with Crippen molar-refractivity contribution in [2.24, 2.45) is 11.8 Å². The minimum absolute atomic E-state index is 0.0154. The number of halogens is 4. The van der Waals surface area contributed by atoms with Gasteiger partial charge in [0.2, 0.25) is 17.7 Å². The maximum Gasteiger partial charge on any atom is 0.237 e. The third-order valence-electron chi connectivity index (χ3n) is 13.1. The van der Waals surface area contributed by atoms with Crippen molar-refractivity contribution in [2.45, 2.75) is 19.3 Å². The van der Waals surface area contributed by atoms with Crippen LogP contribution in [-0.2, 0) is 14.4 Å². The first-order chi connectivity index (χ1) is 34.5. The van der Waals surface area contributed by atoms with Crippen molar-refractivity contribution >= 4 is 56.5 Å². The van der Waals surface area contributed by atoms with Crippen LogP contribution in [0, 0.1) is 35.1 Å².